The minimum absolute atomic E-state index is 0.142. The average molecular weight is 446 g/mol. The van der Waals surface area contributed by atoms with Gasteiger partial charge in [-0.3, -0.25) is 4.79 Å². The van der Waals surface area contributed by atoms with Crippen LogP contribution in [0.1, 0.15) is 33.6 Å². The summed E-state index contributed by atoms with van der Waals surface area (Å²) in [6.07, 6.45) is 1.94. The summed E-state index contributed by atoms with van der Waals surface area (Å²) in [5.74, 6) is 0.531. The number of thioether (sulfide) groups is 1. The van der Waals surface area contributed by atoms with Gasteiger partial charge in [-0.2, -0.15) is 0 Å². The normalized spacial score (nSPS) is 16.1. The maximum Gasteiger partial charge on any atom is 0.264 e. The second-order valence-corrected chi connectivity index (χ2v) is 9.12. The second kappa shape index (κ2) is 8.71. The predicted molar refractivity (Wildman–Crippen MR) is 133 cm³/mol. The molecule has 1 fully saturated rings. The Morgan fingerprint density at radius 1 is 1.00 bits per heavy atom. The first kappa shape index (κ1) is 22.0. The van der Waals surface area contributed by atoms with Crippen LogP contribution in [-0.4, -0.2) is 22.8 Å². The lowest BCUT2D eigenvalue weighted by molar-refractivity contribution is -0.115. The van der Waals surface area contributed by atoms with Crippen molar-refractivity contribution in [1.82, 2.24) is 9.88 Å². The van der Waals surface area contributed by atoms with Crippen LogP contribution < -0.4 is 10.1 Å². The predicted octanol–water partition coefficient (Wildman–Crippen LogP) is 5.92. The molecule has 3 aromatic rings. The van der Waals surface area contributed by atoms with Gasteiger partial charge >= 0.3 is 0 Å². The van der Waals surface area contributed by atoms with Crippen LogP contribution in [0.2, 0.25) is 0 Å². The van der Waals surface area contributed by atoms with Crippen molar-refractivity contribution in [3.63, 3.8) is 0 Å². The SMILES string of the molecule is COc1ccc(C)cc1N=C1NC(=O)/C(=C/c2cc(C)n(-c3ccc(C)c(C)c3)c2C)S1. The Kier molecular flexibility index (Phi) is 5.98. The minimum Gasteiger partial charge on any atom is -0.494 e. The van der Waals surface area contributed by atoms with E-state index in [2.05, 4.69) is 66.8 Å². The fraction of sp³-hybridized carbons (Fsp3) is 0.231. The molecule has 1 aliphatic rings. The van der Waals surface area contributed by atoms with Crippen molar-refractivity contribution >= 4 is 34.6 Å². The number of amidine groups is 1. The van der Waals surface area contributed by atoms with Crippen LogP contribution in [0.15, 0.2) is 52.4 Å². The van der Waals surface area contributed by atoms with Crippen LogP contribution in [0.4, 0.5) is 5.69 Å². The molecular formula is C26H27N3O2S. The number of hydrogen-bond acceptors (Lipinski definition) is 4. The van der Waals surface area contributed by atoms with Gasteiger partial charge in [-0.05, 0) is 105 Å². The molecule has 1 saturated heterocycles. The Labute approximate surface area is 193 Å². The molecule has 6 heteroatoms. The Bertz CT molecular complexity index is 1280. The van der Waals surface area contributed by atoms with Gasteiger partial charge in [0, 0.05) is 17.1 Å². The number of nitrogens with one attached hydrogen (secondary N) is 1. The highest BCUT2D eigenvalue weighted by atomic mass is 32.2. The molecule has 2 heterocycles. The molecule has 1 aliphatic heterocycles. The number of benzene rings is 2. The standard InChI is InChI=1S/C26H27N3O2S/c1-15-7-10-23(31-6)22(11-15)27-26-28-25(30)24(32-26)14-20-13-18(4)29(19(20)5)21-9-8-16(2)17(3)12-21/h7-14H,1-6H3,(H,27,28,30)/b24-14-. The molecular weight excluding hydrogens is 418 g/mol. The third-order valence-electron chi connectivity index (χ3n) is 5.71. The number of ether oxygens (including phenoxy) is 1. The largest absolute Gasteiger partial charge is 0.494 e. The average Bonchev–Trinajstić information content (AvgIpc) is 3.22. The van der Waals surface area contributed by atoms with Gasteiger partial charge in [0.15, 0.2) is 5.17 Å². The maximum absolute atomic E-state index is 12.6. The zero-order valence-electron chi connectivity index (χ0n) is 19.2. The lowest BCUT2D eigenvalue weighted by atomic mass is 10.1. The molecule has 1 amide bonds. The summed E-state index contributed by atoms with van der Waals surface area (Å²) < 4.78 is 7.63. The van der Waals surface area contributed by atoms with Crippen molar-refractivity contribution in [3.8, 4) is 11.4 Å². The Hall–Kier alpha value is -3.25. The van der Waals surface area contributed by atoms with E-state index in [9.17, 15) is 4.79 Å². The molecule has 0 saturated carbocycles. The summed E-state index contributed by atoms with van der Waals surface area (Å²) in [5.41, 5.74) is 8.68. The first-order valence-corrected chi connectivity index (χ1v) is 11.3. The van der Waals surface area contributed by atoms with E-state index in [1.54, 1.807) is 7.11 Å². The summed E-state index contributed by atoms with van der Waals surface area (Å²) >= 11 is 1.34. The Balaban J connectivity index is 1.66. The summed E-state index contributed by atoms with van der Waals surface area (Å²) in [5, 5.41) is 3.42. The zero-order chi connectivity index (χ0) is 23.0. The highest BCUT2D eigenvalue weighted by Crippen LogP contribution is 2.34. The van der Waals surface area contributed by atoms with Crippen molar-refractivity contribution in [2.45, 2.75) is 34.6 Å². The van der Waals surface area contributed by atoms with E-state index in [0.717, 1.165) is 28.2 Å². The molecule has 1 aromatic heterocycles. The summed E-state index contributed by atoms with van der Waals surface area (Å²) in [4.78, 5) is 17.9. The smallest absolute Gasteiger partial charge is 0.264 e. The molecule has 0 atom stereocenters. The van der Waals surface area contributed by atoms with Crippen molar-refractivity contribution in [2.75, 3.05) is 7.11 Å². The highest BCUT2D eigenvalue weighted by Gasteiger charge is 2.25. The van der Waals surface area contributed by atoms with Gasteiger partial charge in [-0.15, -0.1) is 0 Å². The number of carbonyl (C=O) groups excluding carboxylic acids is 1. The maximum atomic E-state index is 12.6. The molecule has 1 N–H and O–H groups in total. The van der Waals surface area contributed by atoms with Gasteiger partial charge in [0.25, 0.3) is 5.91 Å². The van der Waals surface area contributed by atoms with Gasteiger partial charge in [0.2, 0.25) is 0 Å². The molecule has 5 nitrogen and oxygen atoms in total. The molecule has 0 bridgehead atoms. The number of aromatic nitrogens is 1. The number of hydrogen-bond donors (Lipinski definition) is 1. The lowest BCUT2D eigenvalue weighted by Gasteiger charge is -2.11. The van der Waals surface area contributed by atoms with Crippen LogP contribution in [0, 0.1) is 34.6 Å². The molecule has 164 valence electrons. The topological polar surface area (TPSA) is 55.6 Å². The molecule has 32 heavy (non-hydrogen) atoms. The molecule has 4 rings (SSSR count). The number of amides is 1. The van der Waals surface area contributed by atoms with Crippen LogP contribution in [0.5, 0.6) is 5.75 Å². The van der Waals surface area contributed by atoms with Gasteiger partial charge in [-0.25, -0.2) is 4.99 Å². The first-order chi connectivity index (χ1) is 15.3. The number of carbonyl (C=O) groups is 1. The third kappa shape index (κ3) is 4.23. The lowest BCUT2D eigenvalue weighted by Crippen LogP contribution is -2.19. The summed E-state index contributed by atoms with van der Waals surface area (Å²) in [7, 11) is 1.62. The van der Waals surface area contributed by atoms with Gasteiger partial charge < -0.3 is 14.6 Å². The zero-order valence-corrected chi connectivity index (χ0v) is 20.1. The second-order valence-electron chi connectivity index (χ2n) is 8.09. The Morgan fingerprint density at radius 3 is 2.50 bits per heavy atom. The van der Waals surface area contributed by atoms with Crippen LogP contribution >= 0.6 is 11.8 Å². The fourth-order valence-electron chi connectivity index (χ4n) is 3.81. The minimum atomic E-state index is -0.142. The van der Waals surface area contributed by atoms with Crippen LogP contribution in [0.25, 0.3) is 11.8 Å². The van der Waals surface area contributed by atoms with E-state index in [0.29, 0.717) is 21.5 Å². The van der Waals surface area contributed by atoms with Gasteiger partial charge in [0.1, 0.15) is 11.4 Å². The monoisotopic (exact) mass is 445 g/mol. The van der Waals surface area contributed by atoms with Gasteiger partial charge in [-0.1, -0.05) is 12.1 Å². The summed E-state index contributed by atoms with van der Waals surface area (Å²) in [6, 6.07) is 14.4. The number of aliphatic imine (C=N–C) groups is 1. The van der Waals surface area contributed by atoms with E-state index in [-0.39, 0.29) is 5.91 Å². The molecule has 0 radical (unpaired) electrons. The molecule has 2 aromatic carbocycles. The number of nitrogens with zero attached hydrogens (tertiary/aromatic N) is 2. The van der Waals surface area contributed by atoms with Crippen molar-refractivity contribution in [3.05, 3.63) is 81.0 Å². The quantitative estimate of drug-likeness (QED) is 0.507. The van der Waals surface area contributed by atoms with Crippen LogP contribution in [-0.2, 0) is 4.79 Å². The molecule has 0 spiro atoms. The van der Waals surface area contributed by atoms with E-state index in [1.807, 2.05) is 31.2 Å². The highest BCUT2D eigenvalue weighted by molar-refractivity contribution is 8.18. The van der Waals surface area contributed by atoms with Gasteiger partial charge in [0.05, 0.1) is 12.0 Å². The van der Waals surface area contributed by atoms with E-state index < -0.39 is 0 Å². The first-order valence-electron chi connectivity index (χ1n) is 10.5. The molecule has 0 unspecified atom stereocenters. The van der Waals surface area contributed by atoms with E-state index >= 15 is 0 Å². The fourth-order valence-corrected chi connectivity index (χ4v) is 4.64. The Morgan fingerprint density at radius 2 is 1.78 bits per heavy atom. The van der Waals surface area contributed by atoms with Crippen LogP contribution in [0.3, 0.4) is 0 Å². The summed E-state index contributed by atoms with van der Waals surface area (Å²) in [6.45, 7) is 10.4. The van der Waals surface area contributed by atoms with Crippen molar-refractivity contribution < 1.29 is 9.53 Å². The van der Waals surface area contributed by atoms with E-state index in [4.69, 9.17) is 4.74 Å². The number of methoxy groups -OCH3 is 1. The number of rotatable bonds is 4. The number of aryl methyl sites for hydroxylation is 4. The van der Waals surface area contributed by atoms with Crippen molar-refractivity contribution in [2.24, 2.45) is 4.99 Å². The third-order valence-corrected chi connectivity index (χ3v) is 6.62. The molecule has 0 aliphatic carbocycles. The van der Waals surface area contributed by atoms with Crippen molar-refractivity contribution in [1.29, 1.82) is 0 Å². The van der Waals surface area contributed by atoms with E-state index in [1.165, 1.54) is 22.9 Å².